The van der Waals surface area contributed by atoms with Crippen molar-refractivity contribution in [1.29, 1.82) is 0 Å². The zero-order chi connectivity index (χ0) is 19.8. The van der Waals surface area contributed by atoms with Crippen molar-refractivity contribution in [3.63, 3.8) is 0 Å². The number of benzene rings is 1. The second-order valence-electron chi connectivity index (χ2n) is 6.92. The maximum Gasteiger partial charge on any atom is 0.193 e. The third kappa shape index (κ3) is 6.01. The molecule has 0 amide bonds. The van der Waals surface area contributed by atoms with Crippen molar-refractivity contribution < 1.29 is 9.26 Å². The first-order valence-corrected chi connectivity index (χ1v) is 9.54. The normalized spacial score (nSPS) is 12.7. The summed E-state index contributed by atoms with van der Waals surface area (Å²) in [6.07, 6.45) is 0. The van der Waals surface area contributed by atoms with Crippen molar-refractivity contribution >= 4 is 5.96 Å². The number of rotatable bonds is 8. The van der Waals surface area contributed by atoms with Crippen LogP contribution >= 0.6 is 0 Å². The number of hydrogen-bond donors (Lipinski definition) is 1. The molecule has 0 aliphatic carbocycles. The summed E-state index contributed by atoms with van der Waals surface area (Å²) in [4.78, 5) is 6.89. The van der Waals surface area contributed by atoms with E-state index in [9.17, 15) is 0 Å². The number of hydrogen-bond acceptors (Lipinski definition) is 4. The van der Waals surface area contributed by atoms with Crippen molar-refractivity contribution in [2.45, 2.75) is 40.5 Å². The Balaban J connectivity index is 1.91. The van der Waals surface area contributed by atoms with Gasteiger partial charge in [-0.05, 0) is 39.8 Å². The molecule has 6 nitrogen and oxygen atoms in total. The lowest BCUT2D eigenvalue weighted by Crippen LogP contribution is -2.41. The minimum Gasteiger partial charge on any atom is -0.492 e. The molecule has 0 aliphatic heterocycles. The third-order valence-corrected chi connectivity index (χ3v) is 4.51. The number of aliphatic imine (C=N–C) groups is 1. The van der Waals surface area contributed by atoms with Gasteiger partial charge in [-0.3, -0.25) is 4.99 Å². The maximum atomic E-state index is 5.83. The minimum atomic E-state index is 0.252. The summed E-state index contributed by atoms with van der Waals surface area (Å²) < 4.78 is 11.1. The Kier molecular flexibility index (Phi) is 7.70. The lowest BCUT2D eigenvalue weighted by atomic mass is 10.00. The smallest absolute Gasteiger partial charge is 0.193 e. The van der Waals surface area contributed by atoms with E-state index < -0.39 is 0 Å². The van der Waals surface area contributed by atoms with E-state index in [1.165, 1.54) is 5.56 Å². The fourth-order valence-electron chi connectivity index (χ4n) is 3.02. The van der Waals surface area contributed by atoms with Gasteiger partial charge in [0.05, 0.1) is 12.2 Å². The highest BCUT2D eigenvalue weighted by molar-refractivity contribution is 5.79. The number of aryl methyl sites for hydroxylation is 3. The van der Waals surface area contributed by atoms with E-state index in [0.717, 1.165) is 41.8 Å². The van der Waals surface area contributed by atoms with Gasteiger partial charge in [0.25, 0.3) is 0 Å². The second kappa shape index (κ2) is 10.00. The van der Waals surface area contributed by atoms with Crippen LogP contribution in [0, 0.1) is 20.8 Å². The molecule has 2 aromatic rings. The number of nitrogens with zero attached hydrogens (tertiary/aromatic N) is 3. The van der Waals surface area contributed by atoms with Gasteiger partial charge in [-0.15, -0.1) is 0 Å². The Labute approximate surface area is 162 Å². The Bertz CT molecular complexity index is 718. The SMILES string of the molecule is CCNC(=NCC(C)c1c(C)noc1C)N(C)CCOc1ccc(C)cc1. The predicted octanol–water partition coefficient (Wildman–Crippen LogP) is 3.68. The lowest BCUT2D eigenvalue weighted by Gasteiger charge is -2.22. The van der Waals surface area contributed by atoms with E-state index in [-0.39, 0.29) is 5.92 Å². The maximum absolute atomic E-state index is 5.83. The molecule has 27 heavy (non-hydrogen) atoms. The molecule has 1 aromatic heterocycles. The van der Waals surface area contributed by atoms with Crippen LogP contribution in [-0.4, -0.2) is 49.3 Å². The number of guanidine groups is 1. The van der Waals surface area contributed by atoms with Crippen molar-refractivity contribution in [2.24, 2.45) is 4.99 Å². The van der Waals surface area contributed by atoms with Crippen LogP contribution in [0.3, 0.4) is 0 Å². The van der Waals surface area contributed by atoms with Gasteiger partial charge in [0.1, 0.15) is 18.1 Å². The molecule has 0 fully saturated rings. The molecule has 6 heteroatoms. The van der Waals surface area contributed by atoms with Gasteiger partial charge < -0.3 is 19.5 Å². The van der Waals surface area contributed by atoms with E-state index in [0.29, 0.717) is 13.2 Å². The number of likely N-dealkylation sites (N-methyl/N-ethyl adjacent to an activating group) is 1. The zero-order valence-electron chi connectivity index (χ0n) is 17.4. The van der Waals surface area contributed by atoms with Crippen LogP contribution in [0.15, 0.2) is 33.8 Å². The average Bonchev–Trinajstić information content (AvgIpc) is 2.98. The van der Waals surface area contributed by atoms with Gasteiger partial charge in [0.15, 0.2) is 5.96 Å². The highest BCUT2D eigenvalue weighted by Gasteiger charge is 2.16. The molecule has 1 atom stereocenters. The summed E-state index contributed by atoms with van der Waals surface area (Å²) in [6, 6.07) is 8.11. The van der Waals surface area contributed by atoms with Gasteiger partial charge in [-0.2, -0.15) is 0 Å². The van der Waals surface area contributed by atoms with Crippen LogP contribution < -0.4 is 10.1 Å². The Morgan fingerprint density at radius 3 is 2.56 bits per heavy atom. The van der Waals surface area contributed by atoms with E-state index in [1.54, 1.807) is 0 Å². The third-order valence-electron chi connectivity index (χ3n) is 4.51. The fraction of sp³-hybridized carbons (Fsp3) is 0.524. The molecule has 0 saturated carbocycles. The molecule has 0 saturated heterocycles. The molecular formula is C21H32N4O2. The quantitative estimate of drug-likeness (QED) is 0.566. The summed E-state index contributed by atoms with van der Waals surface area (Å²) in [7, 11) is 2.03. The summed E-state index contributed by atoms with van der Waals surface area (Å²) in [6.45, 7) is 13.1. The summed E-state index contributed by atoms with van der Waals surface area (Å²) in [5.74, 6) is 2.90. The van der Waals surface area contributed by atoms with Crippen molar-refractivity contribution in [3.8, 4) is 5.75 Å². The van der Waals surface area contributed by atoms with Crippen molar-refractivity contribution in [2.75, 3.05) is 33.3 Å². The molecule has 2 rings (SSSR count). The second-order valence-corrected chi connectivity index (χ2v) is 6.92. The van der Waals surface area contributed by atoms with Crippen LogP contribution in [0.2, 0.25) is 0 Å². The van der Waals surface area contributed by atoms with E-state index in [2.05, 4.69) is 48.3 Å². The molecular weight excluding hydrogens is 340 g/mol. The van der Waals surface area contributed by atoms with E-state index >= 15 is 0 Å². The average molecular weight is 373 g/mol. The lowest BCUT2D eigenvalue weighted by molar-refractivity contribution is 0.281. The zero-order valence-corrected chi connectivity index (χ0v) is 17.4. The number of nitrogens with one attached hydrogen (secondary N) is 1. The van der Waals surface area contributed by atoms with Crippen LogP contribution in [-0.2, 0) is 0 Å². The molecule has 0 spiro atoms. The van der Waals surface area contributed by atoms with Gasteiger partial charge in [0, 0.05) is 31.6 Å². The highest BCUT2D eigenvalue weighted by Crippen LogP contribution is 2.23. The Hall–Kier alpha value is -2.50. The van der Waals surface area contributed by atoms with Crippen molar-refractivity contribution in [1.82, 2.24) is 15.4 Å². The summed E-state index contributed by atoms with van der Waals surface area (Å²) in [5.41, 5.74) is 3.33. The minimum absolute atomic E-state index is 0.252. The van der Waals surface area contributed by atoms with Crippen LogP contribution in [0.4, 0.5) is 0 Å². The predicted molar refractivity (Wildman–Crippen MR) is 110 cm³/mol. The fourth-order valence-corrected chi connectivity index (χ4v) is 3.02. The van der Waals surface area contributed by atoms with Gasteiger partial charge in [-0.1, -0.05) is 29.8 Å². The largest absolute Gasteiger partial charge is 0.492 e. The molecule has 148 valence electrons. The first kappa shape index (κ1) is 20.8. The van der Waals surface area contributed by atoms with Crippen LogP contribution in [0.5, 0.6) is 5.75 Å². The molecule has 0 radical (unpaired) electrons. The summed E-state index contributed by atoms with van der Waals surface area (Å²) >= 11 is 0. The van der Waals surface area contributed by atoms with Crippen LogP contribution in [0.25, 0.3) is 0 Å². The van der Waals surface area contributed by atoms with Crippen LogP contribution in [0.1, 0.15) is 42.3 Å². The number of ether oxygens (including phenoxy) is 1. The molecule has 1 aromatic carbocycles. The Morgan fingerprint density at radius 2 is 1.96 bits per heavy atom. The first-order valence-electron chi connectivity index (χ1n) is 9.54. The molecule has 0 aliphatic rings. The molecule has 1 unspecified atom stereocenters. The molecule has 1 N–H and O–H groups in total. The Morgan fingerprint density at radius 1 is 1.26 bits per heavy atom. The van der Waals surface area contributed by atoms with Gasteiger partial charge in [0.2, 0.25) is 0 Å². The molecule has 0 bridgehead atoms. The van der Waals surface area contributed by atoms with E-state index in [1.807, 2.05) is 33.0 Å². The van der Waals surface area contributed by atoms with E-state index in [4.69, 9.17) is 14.3 Å². The topological polar surface area (TPSA) is 62.9 Å². The highest BCUT2D eigenvalue weighted by atomic mass is 16.5. The number of aromatic nitrogens is 1. The standard InChI is InChI=1S/C21H32N4O2/c1-7-22-21(23-14-16(3)20-17(4)24-27-18(20)5)25(6)12-13-26-19-10-8-15(2)9-11-19/h8-11,16H,7,12-14H2,1-6H3,(H,22,23). The molecule has 1 heterocycles. The first-order chi connectivity index (χ1) is 12.9. The summed E-state index contributed by atoms with van der Waals surface area (Å²) in [5, 5.41) is 7.39. The van der Waals surface area contributed by atoms with Crippen molar-refractivity contribution in [3.05, 3.63) is 46.8 Å². The van der Waals surface area contributed by atoms with Gasteiger partial charge >= 0.3 is 0 Å². The monoisotopic (exact) mass is 372 g/mol. The van der Waals surface area contributed by atoms with Gasteiger partial charge in [-0.25, -0.2) is 0 Å².